The summed E-state index contributed by atoms with van der Waals surface area (Å²) in [4.78, 5) is 11.4. The molecule has 8 aromatic carbocycles. The van der Waals surface area contributed by atoms with Gasteiger partial charge in [-0.2, -0.15) is 0 Å². The van der Waals surface area contributed by atoms with Crippen LogP contribution in [0.2, 0.25) is 0 Å². The largest absolute Gasteiger partial charge is 0.453 e. The molecule has 5 heterocycles. The molecule has 0 N–H and O–H groups in total. The van der Waals surface area contributed by atoms with E-state index in [4.69, 9.17) is 14.4 Å². The van der Waals surface area contributed by atoms with E-state index in [0.29, 0.717) is 0 Å². The zero-order valence-corrected chi connectivity index (χ0v) is 37.6. The van der Waals surface area contributed by atoms with E-state index in [9.17, 15) is 0 Å². The van der Waals surface area contributed by atoms with Gasteiger partial charge >= 0.3 is 0 Å². The molecule has 308 valence electrons. The van der Waals surface area contributed by atoms with Crippen LogP contribution in [0, 0.1) is 13.8 Å². The van der Waals surface area contributed by atoms with Gasteiger partial charge in [-0.25, -0.2) is 9.97 Å². The van der Waals surface area contributed by atoms with E-state index in [1.807, 2.05) is 0 Å². The lowest BCUT2D eigenvalue weighted by atomic mass is 9.34. The van der Waals surface area contributed by atoms with Crippen LogP contribution < -0.4 is 16.4 Å². The monoisotopic (exact) mass is 826 g/mol. The normalized spacial score (nSPS) is 13.3. The lowest BCUT2D eigenvalue weighted by molar-refractivity contribution is 0.559. The fourth-order valence-corrected chi connectivity index (χ4v) is 11.2. The third-order valence-electron chi connectivity index (χ3n) is 14.2. The number of fused-ring (bicyclic) bond motifs is 9. The van der Waals surface area contributed by atoms with Crippen molar-refractivity contribution in [1.29, 1.82) is 0 Å². The Kier molecular flexibility index (Phi) is 7.43. The summed E-state index contributed by atoms with van der Waals surface area (Å²) < 4.78 is 12.2. The molecule has 5 nitrogen and oxygen atoms in total. The Morgan fingerprint density at radius 2 is 1.19 bits per heavy atom. The SMILES string of the molecule is Cc1cccc(C)c1-c1nc2c3oc4c(C(C)(C)C)cc(C(C)(C)C)cc4c3cc3c2n1-c1cccc2c1B3c1cc(-c3ccccc3)cc3nc(-c4cccc5ccccc45)n-2c13. The van der Waals surface area contributed by atoms with Crippen LogP contribution in [-0.4, -0.2) is 25.8 Å². The highest BCUT2D eigenvalue weighted by molar-refractivity contribution is 7.00. The molecular weight excluding hydrogens is 779 g/mol. The number of furan rings is 1. The lowest BCUT2D eigenvalue weighted by Gasteiger charge is -2.33. The van der Waals surface area contributed by atoms with Gasteiger partial charge in [0.15, 0.2) is 5.58 Å². The van der Waals surface area contributed by atoms with Crippen molar-refractivity contribution in [2.75, 3.05) is 0 Å². The van der Waals surface area contributed by atoms with Gasteiger partial charge < -0.3 is 4.42 Å². The maximum absolute atomic E-state index is 7.26. The first-order valence-corrected chi connectivity index (χ1v) is 22.6. The van der Waals surface area contributed by atoms with E-state index >= 15 is 0 Å². The van der Waals surface area contributed by atoms with Gasteiger partial charge in [-0.1, -0.05) is 157 Å². The second-order valence-electron chi connectivity index (χ2n) is 20.3. The van der Waals surface area contributed by atoms with Crippen LogP contribution in [0.15, 0.2) is 144 Å². The van der Waals surface area contributed by atoms with Gasteiger partial charge in [0.2, 0.25) is 0 Å². The van der Waals surface area contributed by atoms with Crippen molar-refractivity contribution in [2.45, 2.75) is 66.2 Å². The number of aryl methyl sites for hydroxylation is 2. The number of hydrogen-bond donors (Lipinski definition) is 0. The molecule has 0 radical (unpaired) electrons. The van der Waals surface area contributed by atoms with Crippen molar-refractivity contribution in [3.63, 3.8) is 0 Å². The molecule has 0 saturated heterocycles. The van der Waals surface area contributed by atoms with Gasteiger partial charge in [0.1, 0.15) is 22.7 Å². The highest BCUT2D eigenvalue weighted by atomic mass is 16.3. The summed E-state index contributed by atoms with van der Waals surface area (Å²) in [6, 6.07) is 51.5. The summed E-state index contributed by atoms with van der Waals surface area (Å²) in [6.45, 7) is 18.1. The molecule has 0 fully saturated rings. The second-order valence-corrected chi connectivity index (χ2v) is 20.3. The smallest absolute Gasteiger partial charge is 0.252 e. The van der Waals surface area contributed by atoms with E-state index in [0.717, 1.165) is 83.7 Å². The van der Waals surface area contributed by atoms with Crippen molar-refractivity contribution >= 4 is 77.9 Å². The van der Waals surface area contributed by atoms with Crippen LogP contribution in [0.3, 0.4) is 0 Å². The van der Waals surface area contributed by atoms with Gasteiger partial charge in [0.25, 0.3) is 6.71 Å². The van der Waals surface area contributed by atoms with Gasteiger partial charge in [-0.05, 0) is 104 Å². The number of imidazole rings is 2. The summed E-state index contributed by atoms with van der Waals surface area (Å²) in [6.07, 6.45) is 0. The van der Waals surface area contributed by atoms with Crippen molar-refractivity contribution in [3.05, 3.63) is 162 Å². The number of nitrogens with zero attached hydrogens (tertiary/aromatic N) is 4. The summed E-state index contributed by atoms with van der Waals surface area (Å²) in [7, 11) is 0. The Bertz CT molecular complexity index is 3810. The minimum atomic E-state index is -0.149. The molecule has 2 aliphatic heterocycles. The molecule has 6 heteroatoms. The molecule has 2 aliphatic rings. The van der Waals surface area contributed by atoms with E-state index in [1.54, 1.807) is 0 Å². The summed E-state index contributed by atoms with van der Waals surface area (Å²) in [5.41, 5.74) is 21.3. The minimum absolute atomic E-state index is 0.0614. The maximum Gasteiger partial charge on any atom is 0.252 e. The summed E-state index contributed by atoms with van der Waals surface area (Å²) in [5.74, 6) is 1.88. The average molecular weight is 827 g/mol. The topological polar surface area (TPSA) is 48.8 Å². The Labute approximate surface area is 373 Å². The van der Waals surface area contributed by atoms with Crippen LogP contribution >= 0.6 is 0 Å². The van der Waals surface area contributed by atoms with Crippen molar-refractivity contribution < 1.29 is 4.42 Å². The maximum atomic E-state index is 7.26. The van der Waals surface area contributed by atoms with Gasteiger partial charge in [-0.3, -0.25) is 9.13 Å². The van der Waals surface area contributed by atoms with E-state index in [1.165, 1.54) is 55.0 Å². The first-order valence-electron chi connectivity index (χ1n) is 22.6. The van der Waals surface area contributed by atoms with Gasteiger partial charge in [-0.15, -0.1) is 0 Å². The van der Waals surface area contributed by atoms with Crippen LogP contribution in [0.5, 0.6) is 0 Å². The third kappa shape index (κ3) is 5.02. The zero-order valence-electron chi connectivity index (χ0n) is 37.6. The molecule has 64 heavy (non-hydrogen) atoms. The fourth-order valence-electron chi connectivity index (χ4n) is 11.2. The molecule has 0 aliphatic carbocycles. The molecule has 13 rings (SSSR count). The molecule has 0 unspecified atom stereocenters. The van der Waals surface area contributed by atoms with Crippen molar-refractivity contribution in [3.8, 4) is 45.3 Å². The lowest BCUT2D eigenvalue weighted by Crippen LogP contribution is -2.59. The van der Waals surface area contributed by atoms with E-state index in [-0.39, 0.29) is 17.5 Å². The molecule has 0 atom stereocenters. The van der Waals surface area contributed by atoms with Gasteiger partial charge in [0, 0.05) is 38.8 Å². The molecule has 0 bridgehead atoms. The quantitative estimate of drug-likeness (QED) is 0.167. The Hall–Kier alpha value is -7.18. The zero-order chi connectivity index (χ0) is 43.6. The fraction of sp³-hybridized carbons (Fsp3) is 0.172. The molecule has 3 aromatic heterocycles. The van der Waals surface area contributed by atoms with E-state index < -0.39 is 0 Å². The standard InChI is InChI=1S/C58H47BN4O/c1-32-17-14-18-33(2)48(32)56-61-50-52-44(31-41-40-29-37(57(3,4)5)30-42(58(6,7)8)53(40)64-54(41)50)59-43-27-36(34-19-10-9-11-20-34)28-45-51(43)62(46-25-16-26-47(49(46)59)63(52)56)55(60-45)39-24-15-22-35-21-12-13-23-38(35)39/h9-31H,1-8H3. The minimum Gasteiger partial charge on any atom is -0.453 e. The van der Waals surface area contributed by atoms with Crippen molar-refractivity contribution in [1.82, 2.24) is 19.1 Å². The molecular formula is C58H47BN4O. The molecule has 0 amide bonds. The Balaban J connectivity index is 1.23. The molecule has 0 spiro atoms. The summed E-state index contributed by atoms with van der Waals surface area (Å²) >= 11 is 0. The first kappa shape index (κ1) is 37.4. The number of benzene rings is 8. The highest BCUT2D eigenvalue weighted by Crippen LogP contribution is 2.45. The van der Waals surface area contributed by atoms with Crippen molar-refractivity contribution in [2.24, 2.45) is 0 Å². The molecule has 0 saturated carbocycles. The van der Waals surface area contributed by atoms with Crippen LogP contribution in [0.25, 0.3) is 100 Å². The summed E-state index contributed by atoms with van der Waals surface area (Å²) in [5, 5.41) is 4.64. The van der Waals surface area contributed by atoms with Crippen LogP contribution in [-0.2, 0) is 10.8 Å². The van der Waals surface area contributed by atoms with Crippen LogP contribution in [0.4, 0.5) is 0 Å². The number of aromatic nitrogens is 4. The second kappa shape index (κ2) is 12.7. The molecule has 11 aromatic rings. The third-order valence-corrected chi connectivity index (χ3v) is 14.2. The Morgan fingerprint density at radius 3 is 1.94 bits per heavy atom. The highest BCUT2D eigenvalue weighted by Gasteiger charge is 2.43. The van der Waals surface area contributed by atoms with E-state index in [2.05, 4.69) is 204 Å². The number of rotatable bonds is 3. The predicted molar refractivity (Wildman–Crippen MR) is 268 cm³/mol. The number of hydrogen-bond acceptors (Lipinski definition) is 3. The Morgan fingerprint density at radius 1 is 0.531 bits per heavy atom. The average Bonchev–Trinajstić information content (AvgIpc) is 3.98. The predicted octanol–water partition coefficient (Wildman–Crippen LogP) is 12.8. The first-order chi connectivity index (χ1) is 30.8. The van der Waals surface area contributed by atoms with Crippen LogP contribution in [0.1, 0.15) is 63.8 Å². The van der Waals surface area contributed by atoms with Gasteiger partial charge in [0.05, 0.1) is 16.6 Å².